The average molecular weight is 298 g/mol. The number of nitrogens with one attached hydrogen (secondary N) is 1. The zero-order chi connectivity index (χ0) is 13.8. The minimum absolute atomic E-state index is 0.337. The van der Waals surface area contributed by atoms with Crippen molar-refractivity contribution in [1.29, 1.82) is 0 Å². The number of rotatable bonds is 5. The van der Waals surface area contributed by atoms with Crippen LogP contribution in [0, 0.1) is 0 Å². The number of hydrogen-bond acceptors (Lipinski definition) is 2. The van der Waals surface area contributed by atoms with E-state index in [1.54, 1.807) is 6.07 Å². The first-order valence-electron chi connectivity index (χ1n) is 6.28. The van der Waals surface area contributed by atoms with E-state index < -0.39 is 0 Å². The second-order valence-corrected chi connectivity index (χ2v) is 5.22. The van der Waals surface area contributed by atoms with Gasteiger partial charge in [0.05, 0.1) is 22.8 Å². The van der Waals surface area contributed by atoms with E-state index in [0.29, 0.717) is 22.6 Å². The molecule has 1 aromatic heterocycles. The maximum atomic E-state index is 6.18. The van der Waals surface area contributed by atoms with Crippen LogP contribution >= 0.6 is 23.2 Å². The summed E-state index contributed by atoms with van der Waals surface area (Å²) in [6, 6.07) is 5.99. The zero-order valence-electron chi connectivity index (χ0n) is 11.0. The van der Waals surface area contributed by atoms with Crippen LogP contribution in [0.15, 0.2) is 30.6 Å². The molecule has 5 heteroatoms. The van der Waals surface area contributed by atoms with E-state index in [1.165, 1.54) is 5.56 Å². The van der Waals surface area contributed by atoms with Crippen molar-refractivity contribution in [2.45, 2.75) is 25.9 Å². The van der Waals surface area contributed by atoms with Gasteiger partial charge in [-0.3, -0.25) is 4.68 Å². The van der Waals surface area contributed by atoms with Crippen molar-refractivity contribution in [3.05, 3.63) is 51.8 Å². The van der Waals surface area contributed by atoms with Gasteiger partial charge < -0.3 is 5.32 Å². The summed E-state index contributed by atoms with van der Waals surface area (Å²) in [6.07, 6.45) is 4.96. The molecule has 0 aliphatic heterocycles. The van der Waals surface area contributed by atoms with E-state index in [4.69, 9.17) is 23.2 Å². The Morgan fingerprint density at radius 2 is 2.16 bits per heavy atom. The molecule has 0 aliphatic rings. The minimum atomic E-state index is 0.337. The molecule has 1 aromatic carbocycles. The van der Waals surface area contributed by atoms with Gasteiger partial charge in [-0.25, -0.2) is 0 Å². The number of halogens is 2. The highest BCUT2D eigenvalue weighted by atomic mass is 35.5. The fourth-order valence-electron chi connectivity index (χ4n) is 2.10. The largest absolute Gasteiger partial charge is 0.313 e. The molecule has 0 saturated carbocycles. The highest BCUT2D eigenvalue weighted by Gasteiger charge is 2.10. The molecule has 2 aromatic rings. The standard InChI is InChI=1S/C14H17Cl2N3/c1-3-13(17-2)11-7-18-19(9-11)8-10-5-4-6-12(15)14(10)16/h4-7,9,13,17H,3,8H2,1-2H3. The molecule has 0 saturated heterocycles. The van der Waals surface area contributed by atoms with Crippen LogP contribution in [0.2, 0.25) is 10.0 Å². The van der Waals surface area contributed by atoms with Gasteiger partial charge in [-0.2, -0.15) is 5.10 Å². The van der Waals surface area contributed by atoms with Gasteiger partial charge in [0.15, 0.2) is 0 Å². The molecule has 1 N–H and O–H groups in total. The number of aromatic nitrogens is 2. The number of benzene rings is 1. The summed E-state index contributed by atoms with van der Waals surface area (Å²) in [5.41, 5.74) is 2.16. The van der Waals surface area contributed by atoms with Crippen LogP contribution in [0.1, 0.15) is 30.5 Å². The minimum Gasteiger partial charge on any atom is -0.313 e. The van der Waals surface area contributed by atoms with Crippen LogP contribution in [0.25, 0.3) is 0 Å². The van der Waals surface area contributed by atoms with E-state index in [1.807, 2.05) is 36.3 Å². The summed E-state index contributed by atoms with van der Waals surface area (Å²) in [5.74, 6) is 0. The first kappa shape index (κ1) is 14.4. The molecule has 1 unspecified atom stereocenters. The fourth-order valence-corrected chi connectivity index (χ4v) is 2.48. The quantitative estimate of drug-likeness (QED) is 0.907. The van der Waals surface area contributed by atoms with Gasteiger partial charge in [0.1, 0.15) is 0 Å². The van der Waals surface area contributed by atoms with Gasteiger partial charge in [0, 0.05) is 17.8 Å². The summed E-state index contributed by atoms with van der Waals surface area (Å²) < 4.78 is 1.88. The molecule has 1 atom stereocenters. The summed E-state index contributed by atoms with van der Waals surface area (Å²) in [4.78, 5) is 0. The lowest BCUT2D eigenvalue weighted by atomic mass is 10.1. The zero-order valence-corrected chi connectivity index (χ0v) is 12.5. The van der Waals surface area contributed by atoms with Gasteiger partial charge in [-0.15, -0.1) is 0 Å². The third-order valence-corrected chi connectivity index (χ3v) is 4.03. The second-order valence-electron chi connectivity index (χ2n) is 4.43. The molecule has 102 valence electrons. The summed E-state index contributed by atoms with van der Waals surface area (Å²) in [7, 11) is 1.96. The van der Waals surface area contributed by atoms with E-state index >= 15 is 0 Å². The Morgan fingerprint density at radius 1 is 1.37 bits per heavy atom. The maximum Gasteiger partial charge on any atom is 0.0674 e. The Hall–Kier alpha value is -1.03. The van der Waals surface area contributed by atoms with Gasteiger partial charge in [0.25, 0.3) is 0 Å². The van der Waals surface area contributed by atoms with Crippen LogP contribution in [-0.2, 0) is 6.54 Å². The van der Waals surface area contributed by atoms with Gasteiger partial charge in [0.2, 0.25) is 0 Å². The molecular formula is C14H17Cl2N3. The smallest absolute Gasteiger partial charge is 0.0674 e. The summed E-state index contributed by atoms with van der Waals surface area (Å²) >= 11 is 12.2. The van der Waals surface area contributed by atoms with Crippen LogP contribution in [0.4, 0.5) is 0 Å². The Kier molecular flexibility index (Phi) is 4.86. The Morgan fingerprint density at radius 3 is 2.84 bits per heavy atom. The molecule has 2 rings (SSSR count). The van der Waals surface area contributed by atoms with E-state index in [9.17, 15) is 0 Å². The molecule has 3 nitrogen and oxygen atoms in total. The Bertz CT molecular complexity index is 547. The Balaban J connectivity index is 2.18. The van der Waals surface area contributed by atoms with Crippen LogP contribution in [0.3, 0.4) is 0 Å². The third kappa shape index (κ3) is 3.30. The predicted octanol–water partition coefficient (Wildman–Crippen LogP) is 3.91. The van der Waals surface area contributed by atoms with Crippen LogP contribution < -0.4 is 5.32 Å². The molecule has 0 amide bonds. The van der Waals surface area contributed by atoms with Crippen molar-refractivity contribution in [3.63, 3.8) is 0 Å². The first-order valence-corrected chi connectivity index (χ1v) is 7.03. The molecular weight excluding hydrogens is 281 g/mol. The lowest BCUT2D eigenvalue weighted by Crippen LogP contribution is -2.14. The molecule has 0 bridgehead atoms. The molecule has 0 radical (unpaired) electrons. The molecule has 0 spiro atoms. The van der Waals surface area contributed by atoms with Crippen molar-refractivity contribution in [1.82, 2.24) is 15.1 Å². The normalized spacial score (nSPS) is 12.6. The number of hydrogen-bond donors (Lipinski definition) is 1. The van der Waals surface area contributed by atoms with Gasteiger partial charge in [-0.1, -0.05) is 42.3 Å². The van der Waals surface area contributed by atoms with E-state index in [-0.39, 0.29) is 0 Å². The molecule has 0 fully saturated rings. The molecule has 0 aliphatic carbocycles. The fraction of sp³-hybridized carbons (Fsp3) is 0.357. The first-order chi connectivity index (χ1) is 9.15. The van der Waals surface area contributed by atoms with Crippen molar-refractivity contribution >= 4 is 23.2 Å². The summed E-state index contributed by atoms with van der Waals surface area (Å²) in [6.45, 7) is 2.77. The lowest BCUT2D eigenvalue weighted by molar-refractivity contribution is 0.575. The summed E-state index contributed by atoms with van der Waals surface area (Å²) in [5, 5.41) is 8.82. The highest BCUT2D eigenvalue weighted by Crippen LogP contribution is 2.26. The van der Waals surface area contributed by atoms with Crippen molar-refractivity contribution in [2.75, 3.05) is 7.05 Å². The maximum absolute atomic E-state index is 6.18. The molecule has 1 heterocycles. The average Bonchev–Trinajstić information content (AvgIpc) is 2.85. The van der Waals surface area contributed by atoms with Gasteiger partial charge in [-0.05, 0) is 25.1 Å². The SMILES string of the molecule is CCC(NC)c1cnn(Cc2cccc(Cl)c2Cl)c1. The second kappa shape index (κ2) is 6.42. The van der Waals surface area contributed by atoms with Crippen LogP contribution in [-0.4, -0.2) is 16.8 Å². The van der Waals surface area contributed by atoms with Crippen molar-refractivity contribution in [2.24, 2.45) is 0 Å². The molecule has 19 heavy (non-hydrogen) atoms. The highest BCUT2D eigenvalue weighted by molar-refractivity contribution is 6.42. The van der Waals surface area contributed by atoms with Crippen molar-refractivity contribution < 1.29 is 0 Å². The van der Waals surface area contributed by atoms with Crippen LogP contribution in [0.5, 0.6) is 0 Å². The lowest BCUT2D eigenvalue weighted by Gasteiger charge is -2.10. The van der Waals surface area contributed by atoms with E-state index in [2.05, 4.69) is 17.3 Å². The van der Waals surface area contributed by atoms with E-state index in [0.717, 1.165) is 12.0 Å². The van der Waals surface area contributed by atoms with Gasteiger partial charge >= 0.3 is 0 Å². The third-order valence-electron chi connectivity index (χ3n) is 3.18. The monoisotopic (exact) mass is 297 g/mol. The topological polar surface area (TPSA) is 29.9 Å². The number of nitrogens with zero attached hydrogens (tertiary/aromatic N) is 2. The Labute approximate surface area is 123 Å². The van der Waals surface area contributed by atoms with Crippen molar-refractivity contribution in [3.8, 4) is 0 Å². The predicted molar refractivity (Wildman–Crippen MR) is 79.9 cm³/mol.